The number of nitrogens with one attached hydrogen (secondary N) is 1. The summed E-state index contributed by atoms with van der Waals surface area (Å²) in [6.07, 6.45) is 68.3. The van der Waals surface area contributed by atoms with E-state index in [0.717, 1.165) is 38.5 Å². The maximum Gasteiger partial charge on any atom is 0.220 e. The van der Waals surface area contributed by atoms with Crippen molar-refractivity contribution in [2.75, 3.05) is 6.61 Å². The molecule has 2 unspecified atom stereocenters. The molecule has 1 amide bonds. The molecular formula is C54H101NO3. The van der Waals surface area contributed by atoms with Gasteiger partial charge in [0.25, 0.3) is 0 Å². The van der Waals surface area contributed by atoms with E-state index in [1.807, 2.05) is 6.08 Å². The predicted molar refractivity (Wildman–Crippen MR) is 258 cm³/mol. The highest BCUT2D eigenvalue weighted by molar-refractivity contribution is 5.76. The van der Waals surface area contributed by atoms with E-state index in [2.05, 4.69) is 55.6 Å². The van der Waals surface area contributed by atoms with E-state index in [1.165, 1.54) is 212 Å². The quantitative estimate of drug-likeness (QED) is 0.0423. The lowest BCUT2D eigenvalue weighted by atomic mass is 10.0. The normalized spacial score (nSPS) is 13.2. The number of rotatable bonds is 47. The van der Waals surface area contributed by atoms with Crippen molar-refractivity contribution in [1.29, 1.82) is 0 Å². The molecule has 0 fully saturated rings. The molecule has 4 nitrogen and oxygen atoms in total. The van der Waals surface area contributed by atoms with Gasteiger partial charge in [-0.1, -0.05) is 249 Å². The van der Waals surface area contributed by atoms with Crippen molar-refractivity contribution in [3.63, 3.8) is 0 Å². The molecule has 2 atom stereocenters. The van der Waals surface area contributed by atoms with E-state index in [4.69, 9.17) is 0 Å². The lowest BCUT2D eigenvalue weighted by molar-refractivity contribution is -0.123. The van der Waals surface area contributed by atoms with Gasteiger partial charge in [0.1, 0.15) is 0 Å². The third kappa shape index (κ3) is 45.4. The van der Waals surface area contributed by atoms with Gasteiger partial charge in [0.2, 0.25) is 5.91 Å². The first-order valence-electron chi connectivity index (χ1n) is 25.9. The highest BCUT2D eigenvalue weighted by atomic mass is 16.3. The number of aliphatic hydroxyl groups excluding tert-OH is 2. The molecule has 340 valence electrons. The van der Waals surface area contributed by atoms with Crippen LogP contribution in [0.5, 0.6) is 0 Å². The lowest BCUT2D eigenvalue weighted by Crippen LogP contribution is -2.45. The third-order valence-electron chi connectivity index (χ3n) is 11.8. The van der Waals surface area contributed by atoms with Crippen molar-refractivity contribution >= 4 is 5.91 Å². The van der Waals surface area contributed by atoms with E-state index in [9.17, 15) is 15.0 Å². The zero-order valence-corrected chi connectivity index (χ0v) is 39.1. The molecule has 0 radical (unpaired) electrons. The van der Waals surface area contributed by atoms with Crippen LogP contribution < -0.4 is 5.32 Å². The van der Waals surface area contributed by atoms with Crippen LogP contribution in [0.15, 0.2) is 48.6 Å². The second-order valence-electron chi connectivity index (χ2n) is 17.6. The van der Waals surface area contributed by atoms with Gasteiger partial charge in [-0.25, -0.2) is 0 Å². The number of carbonyl (C=O) groups excluding carboxylic acids is 1. The second-order valence-corrected chi connectivity index (χ2v) is 17.6. The van der Waals surface area contributed by atoms with Gasteiger partial charge in [0.05, 0.1) is 18.8 Å². The summed E-state index contributed by atoms with van der Waals surface area (Å²) >= 11 is 0. The molecule has 0 spiro atoms. The van der Waals surface area contributed by atoms with Crippen molar-refractivity contribution in [2.24, 2.45) is 0 Å². The molecular weight excluding hydrogens is 711 g/mol. The number of allylic oxidation sites excluding steroid dienone is 7. The predicted octanol–water partition coefficient (Wildman–Crippen LogP) is 16.7. The van der Waals surface area contributed by atoms with Crippen LogP contribution in [0.1, 0.15) is 271 Å². The van der Waals surface area contributed by atoms with Crippen LogP contribution in [-0.4, -0.2) is 34.9 Å². The van der Waals surface area contributed by atoms with Gasteiger partial charge >= 0.3 is 0 Å². The summed E-state index contributed by atoms with van der Waals surface area (Å²) in [6.45, 7) is 4.29. The Morgan fingerprint density at radius 3 is 1.14 bits per heavy atom. The summed E-state index contributed by atoms with van der Waals surface area (Å²) < 4.78 is 0. The van der Waals surface area contributed by atoms with Crippen LogP contribution >= 0.6 is 0 Å². The fourth-order valence-corrected chi connectivity index (χ4v) is 7.81. The van der Waals surface area contributed by atoms with Gasteiger partial charge in [0.15, 0.2) is 0 Å². The minimum absolute atomic E-state index is 0.0771. The van der Waals surface area contributed by atoms with Crippen molar-refractivity contribution < 1.29 is 15.0 Å². The molecule has 0 aliphatic heterocycles. The molecule has 0 aromatic carbocycles. The Morgan fingerprint density at radius 2 is 0.724 bits per heavy atom. The smallest absolute Gasteiger partial charge is 0.220 e. The van der Waals surface area contributed by atoms with Crippen molar-refractivity contribution in [3.8, 4) is 0 Å². The van der Waals surface area contributed by atoms with Crippen LogP contribution in [0.2, 0.25) is 0 Å². The Hall–Kier alpha value is -1.65. The number of unbranched alkanes of at least 4 members (excludes halogenated alkanes) is 34. The molecule has 0 aromatic rings. The topological polar surface area (TPSA) is 69.6 Å². The summed E-state index contributed by atoms with van der Waals surface area (Å²) in [5, 5.41) is 23.1. The van der Waals surface area contributed by atoms with Crippen LogP contribution in [0, 0.1) is 0 Å². The summed E-state index contributed by atoms with van der Waals surface area (Å²) in [5.74, 6) is -0.0771. The average molecular weight is 812 g/mol. The van der Waals surface area contributed by atoms with Gasteiger partial charge in [-0.2, -0.15) is 0 Å². The second kappa shape index (κ2) is 49.7. The maximum absolute atomic E-state index is 12.4. The first kappa shape index (κ1) is 56.4. The van der Waals surface area contributed by atoms with E-state index in [-0.39, 0.29) is 12.5 Å². The zero-order valence-electron chi connectivity index (χ0n) is 39.1. The van der Waals surface area contributed by atoms with E-state index in [0.29, 0.717) is 6.42 Å². The molecule has 4 heteroatoms. The molecule has 58 heavy (non-hydrogen) atoms. The van der Waals surface area contributed by atoms with Gasteiger partial charge in [-0.3, -0.25) is 4.79 Å². The Bertz CT molecular complexity index is 923. The minimum Gasteiger partial charge on any atom is -0.394 e. The summed E-state index contributed by atoms with van der Waals surface area (Å²) in [7, 11) is 0. The van der Waals surface area contributed by atoms with Gasteiger partial charge < -0.3 is 15.5 Å². The highest BCUT2D eigenvalue weighted by Crippen LogP contribution is 2.16. The Kier molecular flexibility index (Phi) is 48.3. The largest absolute Gasteiger partial charge is 0.394 e. The monoisotopic (exact) mass is 812 g/mol. The third-order valence-corrected chi connectivity index (χ3v) is 11.8. The Labute approximate surface area is 363 Å². The number of aliphatic hydroxyl groups is 2. The fourth-order valence-electron chi connectivity index (χ4n) is 7.81. The van der Waals surface area contributed by atoms with Gasteiger partial charge in [-0.05, 0) is 64.2 Å². The number of hydrogen-bond donors (Lipinski definition) is 3. The van der Waals surface area contributed by atoms with Crippen LogP contribution in [0.4, 0.5) is 0 Å². The number of hydrogen-bond acceptors (Lipinski definition) is 3. The first-order chi connectivity index (χ1) is 28.7. The summed E-state index contributed by atoms with van der Waals surface area (Å²) in [6, 6.07) is -0.643. The standard InChI is InChI=1S/C54H101NO3/c1-3-5-7-9-11-13-15-17-19-21-23-24-25-26-27-28-29-30-32-33-35-37-39-41-43-45-47-49-53(57)52(51-56)55-54(58)50-48-46-44-42-40-38-36-34-31-22-20-18-16-14-12-10-8-6-4-2/h12,14,18,20,39,41,47,49,52-53,56-57H,3-11,13,15-17,19,21-38,40,42-46,48,50-51H2,1-2H3,(H,55,58)/b14-12-,20-18-,41-39+,49-47+. The molecule has 3 N–H and O–H groups in total. The van der Waals surface area contributed by atoms with Gasteiger partial charge in [0, 0.05) is 6.42 Å². The maximum atomic E-state index is 12.4. The molecule has 0 rings (SSSR count). The highest BCUT2D eigenvalue weighted by Gasteiger charge is 2.17. The molecule has 0 saturated heterocycles. The Balaban J connectivity index is 3.55. The first-order valence-corrected chi connectivity index (χ1v) is 25.9. The van der Waals surface area contributed by atoms with Crippen LogP contribution in [-0.2, 0) is 4.79 Å². The van der Waals surface area contributed by atoms with E-state index in [1.54, 1.807) is 6.08 Å². The number of carbonyl (C=O) groups is 1. The molecule has 0 heterocycles. The minimum atomic E-state index is -0.865. The van der Waals surface area contributed by atoms with E-state index < -0.39 is 12.1 Å². The van der Waals surface area contributed by atoms with Crippen LogP contribution in [0.25, 0.3) is 0 Å². The summed E-state index contributed by atoms with van der Waals surface area (Å²) in [5.41, 5.74) is 0. The van der Waals surface area contributed by atoms with Crippen molar-refractivity contribution in [1.82, 2.24) is 5.32 Å². The fraction of sp³-hybridized carbons (Fsp3) is 0.833. The molecule has 0 aliphatic rings. The molecule has 0 aliphatic carbocycles. The average Bonchev–Trinajstić information content (AvgIpc) is 3.23. The van der Waals surface area contributed by atoms with E-state index >= 15 is 0 Å². The molecule has 0 aromatic heterocycles. The molecule has 0 bridgehead atoms. The van der Waals surface area contributed by atoms with Crippen molar-refractivity contribution in [2.45, 2.75) is 283 Å². The Morgan fingerprint density at radius 1 is 0.414 bits per heavy atom. The molecule has 0 saturated carbocycles. The number of amides is 1. The van der Waals surface area contributed by atoms with Crippen molar-refractivity contribution in [3.05, 3.63) is 48.6 Å². The van der Waals surface area contributed by atoms with Crippen LogP contribution in [0.3, 0.4) is 0 Å². The zero-order chi connectivity index (χ0) is 42.1. The summed E-state index contributed by atoms with van der Waals surface area (Å²) in [4.78, 5) is 12.4. The van der Waals surface area contributed by atoms with Gasteiger partial charge in [-0.15, -0.1) is 0 Å². The SMILES string of the molecule is CCCCC/C=C\C/C=C\CCCCCCCCCCCC(=O)NC(CO)C(O)/C=C/CC/C=C/CCCCCCCCCCCCCCCCCCCCCCC. The lowest BCUT2D eigenvalue weighted by Gasteiger charge is -2.19.